The first kappa shape index (κ1) is 45.8. The Morgan fingerprint density at radius 3 is 2.02 bits per heavy atom. The molecule has 2 rings (SSSR count). The zero-order valence-electron chi connectivity index (χ0n) is 34.7. The second kappa shape index (κ2) is 21.5. The maximum absolute atomic E-state index is 14.2. The van der Waals surface area contributed by atoms with E-state index in [1.807, 2.05) is 77.6 Å². The molecule has 1 aliphatic heterocycles. The number of hydrogen-bond acceptors (Lipinski definition) is 8. The van der Waals surface area contributed by atoms with Crippen molar-refractivity contribution in [2.75, 3.05) is 48.5 Å². The molecule has 1 aliphatic rings. The van der Waals surface area contributed by atoms with E-state index in [9.17, 15) is 24.0 Å². The van der Waals surface area contributed by atoms with Crippen molar-refractivity contribution in [1.29, 1.82) is 0 Å². The largest absolute Gasteiger partial charge is 0.379 e. The zero-order chi connectivity index (χ0) is 40.2. The van der Waals surface area contributed by atoms with E-state index in [0.717, 1.165) is 18.4 Å². The Hall–Kier alpha value is -3.35. The zero-order valence-corrected chi connectivity index (χ0v) is 34.7. The molecule has 0 aromatic heterocycles. The molecule has 0 bridgehead atoms. The third-order valence-electron chi connectivity index (χ3n) is 11.0. The van der Waals surface area contributed by atoms with Crippen molar-refractivity contribution in [2.45, 2.75) is 124 Å². The van der Waals surface area contributed by atoms with E-state index in [0.29, 0.717) is 31.5 Å². The predicted octanol–water partition coefficient (Wildman–Crippen LogP) is 4.20. The lowest BCUT2D eigenvalue weighted by atomic mass is 9.89. The molecule has 0 spiro atoms. The van der Waals surface area contributed by atoms with Crippen LogP contribution in [0.25, 0.3) is 0 Å². The van der Waals surface area contributed by atoms with Gasteiger partial charge in [-0.3, -0.25) is 28.9 Å². The number of nitrogens with one attached hydrogen (secondary N) is 2. The lowest BCUT2D eigenvalue weighted by Gasteiger charge is -2.41. The van der Waals surface area contributed by atoms with Gasteiger partial charge in [0.05, 0.1) is 42.7 Å². The van der Waals surface area contributed by atoms with Crippen molar-refractivity contribution in [3.05, 3.63) is 35.4 Å². The molecule has 300 valence electrons. The topological polar surface area (TPSA) is 138 Å². The molecule has 1 heterocycles. The SMILES string of the molecule is CC[C@H](C)[C@@H](C(CC(=O)N1CCC[C@H]1[C@H](OC)[C@@H](C)C(=O)NCCc1ccc(C(C)=O)cc1)OC)N(C)C(=O)[C@@H](NC(=O)[C@H](C(C)C)N(C)C)C(C)C. The molecule has 12 nitrogen and oxygen atoms in total. The summed E-state index contributed by atoms with van der Waals surface area (Å²) < 4.78 is 11.9. The third-order valence-corrected chi connectivity index (χ3v) is 11.0. The molecule has 53 heavy (non-hydrogen) atoms. The highest BCUT2D eigenvalue weighted by atomic mass is 16.5. The van der Waals surface area contributed by atoms with Crippen molar-refractivity contribution < 1.29 is 33.4 Å². The minimum absolute atomic E-state index is 0.00714. The number of amides is 4. The van der Waals surface area contributed by atoms with Crippen LogP contribution in [0.3, 0.4) is 0 Å². The number of carbonyl (C=O) groups is 5. The van der Waals surface area contributed by atoms with Crippen LogP contribution in [0.15, 0.2) is 24.3 Å². The molecule has 1 aromatic rings. The van der Waals surface area contributed by atoms with E-state index < -0.39 is 30.2 Å². The summed E-state index contributed by atoms with van der Waals surface area (Å²) in [6, 6.07) is 5.51. The molecule has 1 aromatic carbocycles. The highest BCUT2D eigenvalue weighted by Gasteiger charge is 2.43. The number of carbonyl (C=O) groups excluding carboxylic acids is 5. The summed E-state index contributed by atoms with van der Waals surface area (Å²) in [6.07, 6.45) is 1.79. The third kappa shape index (κ3) is 12.3. The smallest absolute Gasteiger partial charge is 0.245 e. The number of benzene rings is 1. The Balaban J connectivity index is 2.19. The van der Waals surface area contributed by atoms with Crippen LogP contribution < -0.4 is 10.6 Å². The van der Waals surface area contributed by atoms with Gasteiger partial charge in [0.25, 0.3) is 0 Å². The molecular weight excluding hydrogens is 674 g/mol. The highest BCUT2D eigenvalue weighted by Crippen LogP contribution is 2.29. The first-order chi connectivity index (χ1) is 24.9. The molecule has 0 radical (unpaired) electrons. The second-order valence-corrected chi connectivity index (χ2v) is 15.8. The number of methoxy groups -OCH3 is 2. The summed E-state index contributed by atoms with van der Waals surface area (Å²) in [5.74, 6) is -1.31. The van der Waals surface area contributed by atoms with Gasteiger partial charge in [0.2, 0.25) is 23.6 Å². The quantitative estimate of drug-likeness (QED) is 0.179. The van der Waals surface area contributed by atoms with E-state index >= 15 is 0 Å². The maximum atomic E-state index is 14.2. The summed E-state index contributed by atoms with van der Waals surface area (Å²) in [6.45, 7) is 16.2. The Labute approximate surface area is 319 Å². The molecule has 12 heteroatoms. The monoisotopic (exact) mass is 744 g/mol. The average Bonchev–Trinajstić information content (AvgIpc) is 3.59. The highest BCUT2D eigenvalue weighted by molar-refractivity contribution is 5.94. The van der Waals surface area contributed by atoms with Gasteiger partial charge in [0, 0.05) is 39.9 Å². The van der Waals surface area contributed by atoms with Gasteiger partial charge < -0.3 is 29.9 Å². The van der Waals surface area contributed by atoms with Crippen molar-refractivity contribution in [1.82, 2.24) is 25.3 Å². The van der Waals surface area contributed by atoms with E-state index in [1.165, 1.54) is 6.92 Å². The number of ketones is 1. The Morgan fingerprint density at radius 1 is 0.906 bits per heavy atom. The van der Waals surface area contributed by atoms with Crippen LogP contribution in [0, 0.1) is 23.7 Å². The standard InChI is InChI=1S/C41H69N5O7/c1-14-27(6)37(45(11)41(51)35(25(2)3)43-40(50)36(26(4)5)44(9)10)33(52-12)24-34(48)46-23-15-16-32(46)38(53-13)28(7)39(49)42-22-21-30-17-19-31(20-18-30)29(8)47/h17-20,25-28,32-33,35-38H,14-16,21-24H2,1-13H3,(H,42,49)(H,43,50)/t27-,28+,32-,33?,35-,36-,37-,38+/m0/s1. The maximum Gasteiger partial charge on any atom is 0.245 e. The summed E-state index contributed by atoms with van der Waals surface area (Å²) in [7, 11) is 8.61. The Kier molecular flexibility index (Phi) is 18.6. The molecule has 0 saturated carbocycles. The molecule has 2 N–H and O–H groups in total. The lowest BCUT2D eigenvalue weighted by molar-refractivity contribution is -0.148. The van der Waals surface area contributed by atoms with E-state index in [-0.39, 0.29) is 65.7 Å². The van der Waals surface area contributed by atoms with Gasteiger partial charge in [-0.25, -0.2) is 0 Å². The number of likely N-dealkylation sites (N-methyl/N-ethyl adjacent to an activating group) is 2. The summed E-state index contributed by atoms with van der Waals surface area (Å²) in [5, 5.41) is 6.06. The first-order valence-corrected chi connectivity index (χ1v) is 19.4. The number of hydrogen-bond donors (Lipinski definition) is 2. The van der Waals surface area contributed by atoms with Gasteiger partial charge in [0.15, 0.2) is 5.78 Å². The second-order valence-electron chi connectivity index (χ2n) is 15.8. The van der Waals surface area contributed by atoms with Gasteiger partial charge in [-0.1, -0.05) is 79.2 Å². The van der Waals surface area contributed by atoms with Gasteiger partial charge >= 0.3 is 0 Å². The molecule has 1 saturated heterocycles. The molecule has 1 fully saturated rings. The number of Topliss-reactive ketones (excluding diaryl/α,β-unsaturated/α-hetero) is 1. The minimum atomic E-state index is -0.751. The summed E-state index contributed by atoms with van der Waals surface area (Å²) in [5.41, 5.74) is 1.67. The van der Waals surface area contributed by atoms with Gasteiger partial charge in [0.1, 0.15) is 6.04 Å². The van der Waals surface area contributed by atoms with Gasteiger partial charge in [-0.05, 0) is 63.6 Å². The van der Waals surface area contributed by atoms with E-state index in [1.54, 1.807) is 38.3 Å². The van der Waals surface area contributed by atoms with E-state index in [2.05, 4.69) is 17.6 Å². The molecule has 4 amide bonds. The van der Waals surface area contributed by atoms with Crippen molar-refractivity contribution >= 4 is 29.4 Å². The van der Waals surface area contributed by atoms with Crippen molar-refractivity contribution in [2.24, 2.45) is 23.7 Å². The van der Waals surface area contributed by atoms with Crippen LogP contribution in [-0.4, -0.2) is 129 Å². The number of nitrogens with zero attached hydrogens (tertiary/aromatic N) is 3. The van der Waals surface area contributed by atoms with Crippen LogP contribution in [-0.2, 0) is 35.1 Å². The minimum Gasteiger partial charge on any atom is -0.379 e. The fraction of sp³-hybridized carbons (Fsp3) is 0.732. The molecule has 0 aliphatic carbocycles. The average molecular weight is 744 g/mol. The fourth-order valence-corrected chi connectivity index (χ4v) is 7.81. The first-order valence-electron chi connectivity index (χ1n) is 19.4. The number of rotatable bonds is 21. The van der Waals surface area contributed by atoms with E-state index in [4.69, 9.17) is 9.47 Å². The number of ether oxygens (including phenoxy) is 2. The van der Waals surface area contributed by atoms with Crippen LogP contribution in [0.4, 0.5) is 0 Å². The summed E-state index contributed by atoms with van der Waals surface area (Å²) >= 11 is 0. The molecular formula is C41H69N5O7. The normalized spacial score (nSPS) is 18.6. The van der Waals surface area contributed by atoms with Crippen LogP contribution in [0.5, 0.6) is 0 Å². The Morgan fingerprint density at radius 2 is 1.53 bits per heavy atom. The Bertz CT molecular complexity index is 1340. The summed E-state index contributed by atoms with van der Waals surface area (Å²) in [4.78, 5) is 72.0. The van der Waals surface area contributed by atoms with Crippen LogP contribution in [0.2, 0.25) is 0 Å². The van der Waals surface area contributed by atoms with Crippen LogP contribution in [0.1, 0.15) is 97.0 Å². The van der Waals surface area contributed by atoms with Gasteiger partial charge in [-0.15, -0.1) is 0 Å². The number of likely N-dealkylation sites (tertiary alicyclic amines) is 1. The van der Waals surface area contributed by atoms with Gasteiger partial charge in [-0.2, -0.15) is 0 Å². The van der Waals surface area contributed by atoms with Crippen molar-refractivity contribution in [3.8, 4) is 0 Å². The molecule has 1 unspecified atom stereocenters. The van der Waals surface area contributed by atoms with Crippen LogP contribution >= 0.6 is 0 Å². The fourth-order valence-electron chi connectivity index (χ4n) is 7.81. The lowest BCUT2D eigenvalue weighted by Crippen LogP contribution is -2.59. The van der Waals surface area contributed by atoms with Crippen molar-refractivity contribution in [3.63, 3.8) is 0 Å². The predicted molar refractivity (Wildman–Crippen MR) is 208 cm³/mol. The molecule has 8 atom stereocenters.